The van der Waals surface area contributed by atoms with Gasteiger partial charge in [0.25, 0.3) is 0 Å². The third-order valence-electron chi connectivity index (χ3n) is 1.42. The molecule has 1 aliphatic heterocycles. The maximum Gasteiger partial charge on any atom is 0.143 e. The van der Waals surface area contributed by atoms with Crippen molar-refractivity contribution in [1.29, 1.82) is 0 Å². The molecule has 52 valence electrons. The molecular weight excluding hydrogens is 140 g/mol. The van der Waals surface area contributed by atoms with Gasteiger partial charge < -0.3 is 0 Å². The molecule has 0 saturated carbocycles. The molecular formula is C5H9ClN2O. The summed E-state index contributed by atoms with van der Waals surface area (Å²) in [5.74, 6) is 0.586. The van der Waals surface area contributed by atoms with Crippen LogP contribution in [-0.4, -0.2) is 22.7 Å². The summed E-state index contributed by atoms with van der Waals surface area (Å²) in [6, 6.07) is 0. The zero-order valence-corrected chi connectivity index (χ0v) is 5.80. The Morgan fingerprint density at radius 3 is 2.78 bits per heavy atom. The van der Waals surface area contributed by atoms with E-state index in [9.17, 15) is 0 Å². The van der Waals surface area contributed by atoms with Crippen molar-refractivity contribution in [2.24, 2.45) is 4.51 Å². The number of amidine groups is 1. The number of hydrogen-bond acceptors (Lipinski definition) is 2. The van der Waals surface area contributed by atoms with Gasteiger partial charge in [0, 0.05) is 24.7 Å². The van der Waals surface area contributed by atoms with E-state index in [1.165, 1.54) is 0 Å². The summed E-state index contributed by atoms with van der Waals surface area (Å²) in [6.45, 7) is 0.658. The molecule has 9 heavy (non-hydrogen) atoms. The van der Waals surface area contributed by atoms with Crippen LogP contribution in [0.3, 0.4) is 0 Å². The highest BCUT2D eigenvalue weighted by Gasteiger charge is 2.12. The van der Waals surface area contributed by atoms with Crippen LogP contribution >= 0.6 is 11.8 Å². The van der Waals surface area contributed by atoms with Gasteiger partial charge in [0.05, 0.1) is 0 Å². The van der Waals surface area contributed by atoms with Crippen LogP contribution in [-0.2, 0) is 0 Å². The second kappa shape index (κ2) is 3.03. The standard InChI is InChI=1S/C5H9ClN2O/c6-7-5-3-1-2-4-8(5)9/h9H,1-4H2/b7-5+. The first-order valence-corrected chi connectivity index (χ1v) is 3.32. The van der Waals surface area contributed by atoms with E-state index in [1.54, 1.807) is 0 Å². The van der Waals surface area contributed by atoms with Gasteiger partial charge in [-0.15, -0.1) is 0 Å². The molecule has 0 atom stereocenters. The molecule has 4 heteroatoms. The normalized spacial score (nSPS) is 25.1. The van der Waals surface area contributed by atoms with Gasteiger partial charge in [-0.1, -0.05) is 0 Å². The number of hydroxylamine groups is 2. The van der Waals surface area contributed by atoms with Gasteiger partial charge in [0.2, 0.25) is 0 Å². The molecule has 0 radical (unpaired) electrons. The van der Waals surface area contributed by atoms with Crippen molar-refractivity contribution in [3.05, 3.63) is 0 Å². The molecule has 1 fully saturated rings. The first kappa shape index (κ1) is 6.83. The summed E-state index contributed by atoms with van der Waals surface area (Å²) in [5.41, 5.74) is 0. The Balaban J connectivity index is 2.49. The fourth-order valence-electron chi connectivity index (χ4n) is 0.889. The molecule has 0 bridgehead atoms. The number of rotatable bonds is 0. The molecule has 0 amide bonds. The smallest absolute Gasteiger partial charge is 0.143 e. The second-order valence-electron chi connectivity index (χ2n) is 2.08. The van der Waals surface area contributed by atoms with Crippen molar-refractivity contribution >= 4 is 17.6 Å². The van der Waals surface area contributed by atoms with Crippen LogP contribution < -0.4 is 0 Å². The number of halogens is 1. The van der Waals surface area contributed by atoms with Gasteiger partial charge in [-0.2, -0.15) is 4.51 Å². The Bertz CT molecular complexity index is 126. The second-order valence-corrected chi connectivity index (χ2v) is 2.25. The predicted molar refractivity (Wildman–Crippen MR) is 35.6 cm³/mol. The van der Waals surface area contributed by atoms with Crippen LogP contribution in [0.1, 0.15) is 19.3 Å². The predicted octanol–water partition coefficient (Wildman–Crippen LogP) is 1.41. The minimum Gasteiger partial charge on any atom is -0.287 e. The van der Waals surface area contributed by atoms with Crippen molar-refractivity contribution in [2.75, 3.05) is 6.54 Å². The molecule has 0 aromatic carbocycles. The van der Waals surface area contributed by atoms with Gasteiger partial charge in [-0.25, -0.2) is 5.06 Å². The molecule has 0 aliphatic carbocycles. The quantitative estimate of drug-likeness (QED) is 0.564. The Morgan fingerprint density at radius 2 is 2.33 bits per heavy atom. The lowest BCUT2D eigenvalue weighted by atomic mass is 10.1. The van der Waals surface area contributed by atoms with Gasteiger partial charge >= 0.3 is 0 Å². The van der Waals surface area contributed by atoms with Gasteiger partial charge in [0.15, 0.2) is 0 Å². The average molecular weight is 149 g/mol. The Morgan fingerprint density at radius 1 is 1.56 bits per heavy atom. The molecule has 0 aromatic heterocycles. The number of piperidine rings is 1. The van der Waals surface area contributed by atoms with Crippen LogP contribution in [0.5, 0.6) is 0 Å². The Labute approximate surface area is 59.0 Å². The largest absolute Gasteiger partial charge is 0.287 e. The van der Waals surface area contributed by atoms with Crippen molar-refractivity contribution < 1.29 is 5.21 Å². The van der Waals surface area contributed by atoms with E-state index in [4.69, 9.17) is 17.0 Å². The fourth-order valence-corrected chi connectivity index (χ4v) is 1.06. The molecule has 0 unspecified atom stereocenters. The van der Waals surface area contributed by atoms with Crippen LogP contribution in [0.15, 0.2) is 4.51 Å². The lowest BCUT2D eigenvalue weighted by Gasteiger charge is -2.22. The highest BCUT2D eigenvalue weighted by molar-refractivity contribution is 6.19. The molecule has 1 heterocycles. The van der Waals surface area contributed by atoms with E-state index >= 15 is 0 Å². The van der Waals surface area contributed by atoms with E-state index in [0.717, 1.165) is 24.3 Å². The molecule has 0 aromatic rings. The highest BCUT2D eigenvalue weighted by atomic mass is 35.5. The number of hydrogen-bond donors (Lipinski definition) is 1. The zero-order chi connectivity index (χ0) is 6.69. The first-order valence-electron chi connectivity index (χ1n) is 2.99. The Kier molecular flexibility index (Phi) is 2.30. The minimum absolute atomic E-state index is 0.586. The van der Waals surface area contributed by atoms with Crippen LogP contribution in [0.4, 0.5) is 0 Å². The first-order chi connectivity index (χ1) is 4.34. The third-order valence-corrected chi connectivity index (χ3v) is 1.61. The van der Waals surface area contributed by atoms with E-state index in [-0.39, 0.29) is 0 Å². The highest BCUT2D eigenvalue weighted by Crippen LogP contribution is 2.09. The summed E-state index contributed by atoms with van der Waals surface area (Å²) in [4.78, 5) is 0. The zero-order valence-electron chi connectivity index (χ0n) is 5.05. The monoisotopic (exact) mass is 148 g/mol. The third kappa shape index (κ3) is 1.56. The lowest BCUT2D eigenvalue weighted by Crippen LogP contribution is -2.31. The molecule has 1 N–H and O–H groups in total. The summed E-state index contributed by atoms with van der Waals surface area (Å²) >= 11 is 5.16. The van der Waals surface area contributed by atoms with Gasteiger partial charge in [-0.3, -0.25) is 5.21 Å². The summed E-state index contributed by atoms with van der Waals surface area (Å²) in [6.07, 6.45) is 2.88. The van der Waals surface area contributed by atoms with Gasteiger partial charge in [-0.05, 0) is 12.8 Å². The molecule has 1 rings (SSSR count). The molecule has 1 saturated heterocycles. The lowest BCUT2D eigenvalue weighted by molar-refractivity contribution is -0.0244. The SMILES string of the molecule is ON1CCCC/C1=N\Cl. The average Bonchev–Trinajstić information content (AvgIpc) is 1.89. The van der Waals surface area contributed by atoms with Crippen LogP contribution in [0.2, 0.25) is 0 Å². The van der Waals surface area contributed by atoms with E-state index in [1.807, 2.05) is 0 Å². The molecule has 0 spiro atoms. The van der Waals surface area contributed by atoms with E-state index < -0.39 is 0 Å². The van der Waals surface area contributed by atoms with E-state index in [0.29, 0.717) is 12.4 Å². The Hall–Kier alpha value is -0.280. The summed E-state index contributed by atoms with van der Waals surface area (Å²) < 4.78 is 3.39. The fraction of sp³-hybridized carbons (Fsp3) is 0.800. The van der Waals surface area contributed by atoms with E-state index in [2.05, 4.69) is 4.51 Å². The van der Waals surface area contributed by atoms with Crippen LogP contribution in [0.25, 0.3) is 0 Å². The summed E-state index contributed by atoms with van der Waals surface area (Å²) in [7, 11) is 0. The van der Waals surface area contributed by atoms with Crippen molar-refractivity contribution in [3.8, 4) is 0 Å². The van der Waals surface area contributed by atoms with Crippen molar-refractivity contribution in [1.82, 2.24) is 5.06 Å². The summed E-state index contributed by atoms with van der Waals surface area (Å²) in [5, 5.41) is 10.1. The molecule has 1 aliphatic rings. The topological polar surface area (TPSA) is 35.8 Å². The molecule has 3 nitrogen and oxygen atoms in total. The van der Waals surface area contributed by atoms with Crippen molar-refractivity contribution in [2.45, 2.75) is 19.3 Å². The minimum atomic E-state index is 0.586. The maximum atomic E-state index is 8.99. The van der Waals surface area contributed by atoms with Crippen molar-refractivity contribution in [3.63, 3.8) is 0 Å². The number of nitrogens with zero attached hydrogens (tertiary/aromatic N) is 2. The van der Waals surface area contributed by atoms with Crippen LogP contribution in [0, 0.1) is 0 Å². The maximum absolute atomic E-state index is 8.99. The van der Waals surface area contributed by atoms with Gasteiger partial charge in [0.1, 0.15) is 5.84 Å².